The molecule has 0 saturated carbocycles. The summed E-state index contributed by atoms with van der Waals surface area (Å²) in [5.74, 6) is 0.0613. The first-order valence-electron chi connectivity index (χ1n) is 6.47. The summed E-state index contributed by atoms with van der Waals surface area (Å²) < 4.78 is 32.8. The molecule has 124 valence electrons. The van der Waals surface area contributed by atoms with Crippen molar-refractivity contribution in [1.29, 1.82) is 0 Å². The summed E-state index contributed by atoms with van der Waals surface area (Å²) in [5, 5.41) is 9.65. The summed E-state index contributed by atoms with van der Waals surface area (Å²) in [5.41, 5.74) is 0. The molecule has 2 rings (SSSR count). The van der Waals surface area contributed by atoms with Gasteiger partial charge in [-0.25, -0.2) is 8.42 Å². The molecule has 0 aliphatic rings. The number of aromatic nitrogens is 2. The topological polar surface area (TPSA) is 111 Å². The molecule has 1 atom stereocenters. The van der Waals surface area contributed by atoms with Gasteiger partial charge in [-0.3, -0.25) is 4.79 Å². The van der Waals surface area contributed by atoms with E-state index >= 15 is 0 Å². The minimum absolute atomic E-state index is 0.00901. The van der Waals surface area contributed by atoms with E-state index < -0.39 is 27.0 Å². The predicted molar refractivity (Wildman–Crippen MR) is 80.9 cm³/mol. The average molecular weight is 360 g/mol. The molecule has 0 bridgehead atoms. The van der Waals surface area contributed by atoms with E-state index in [-0.39, 0.29) is 12.5 Å². The quantitative estimate of drug-likeness (QED) is 0.829. The third kappa shape index (κ3) is 4.93. The molecule has 0 saturated heterocycles. The number of sulfone groups is 1. The van der Waals surface area contributed by atoms with Gasteiger partial charge in [0.15, 0.2) is 6.61 Å². The third-order valence-corrected chi connectivity index (χ3v) is 3.72. The molecule has 0 aliphatic carbocycles. The van der Waals surface area contributed by atoms with Gasteiger partial charge < -0.3 is 14.5 Å². The Kier molecular flexibility index (Phi) is 5.22. The lowest BCUT2D eigenvalue weighted by molar-refractivity contribution is -0.123. The highest BCUT2D eigenvalue weighted by atomic mass is 35.5. The number of carbonyl (C=O) groups excluding carboxylic acids is 1. The Balaban J connectivity index is 1.89. The van der Waals surface area contributed by atoms with E-state index in [9.17, 15) is 13.2 Å². The summed E-state index contributed by atoms with van der Waals surface area (Å²) in [6, 6.07) is 5.90. The summed E-state index contributed by atoms with van der Waals surface area (Å²) in [6.45, 7) is 1.36. The SMILES string of the molecule is C[C@H](NC(=O)COc1ccc(Cl)cc1)c1nnc(S(C)(=O)=O)o1. The van der Waals surface area contributed by atoms with Crippen LogP contribution in [0.15, 0.2) is 33.9 Å². The van der Waals surface area contributed by atoms with Gasteiger partial charge in [0.25, 0.3) is 5.91 Å². The first kappa shape index (κ1) is 17.2. The van der Waals surface area contributed by atoms with Gasteiger partial charge in [0.05, 0.1) is 0 Å². The number of hydrogen-bond acceptors (Lipinski definition) is 7. The van der Waals surface area contributed by atoms with Gasteiger partial charge in [-0.15, -0.1) is 5.10 Å². The van der Waals surface area contributed by atoms with Crippen molar-refractivity contribution in [2.24, 2.45) is 0 Å². The largest absolute Gasteiger partial charge is 0.484 e. The molecule has 0 spiro atoms. The van der Waals surface area contributed by atoms with Gasteiger partial charge in [0.2, 0.25) is 15.7 Å². The summed E-state index contributed by atoms with van der Waals surface area (Å²) >= 11 is 5.74. The van der Waals surface area contributed by atoms with Gasteiger partial charge >= 0.3 is 5.22 Å². The van der Waals surface area contributed by atoms with E-state index in [0.717, 1.165) is 6.26 Å². The van der Waals surface area contributed by atoms with Crippen LogP contribution in [-0.4, -0.2) is 37.4 Å². The lowest BCUT2D eigenvalue weighted by Gasteiger charge is -2.10. The zero-order valence-electron chi connectivity index (χ0n) is 12.3. The van der Waals surface area contributed by atoms with Gasteiger partial charge in [-0.2, -0.15) is 0 Å². The van der Waals surface area contributed by atoms with E-state index in [1.165, 1.54) is 0 Å². The molecule has 1 amide bonds. The zero-order valence-corrected chi connectivity index (χ0v) is 13.9. The van der Waals surface area contributed by atoms with Crippen molar-refractivity contribution in [2.75, 3.05) is 12.9 Å². The van der Waals surface area contributed by atoms with Gasteiger partial charge in [-0.05, 0) is 31.2 Å². The number of hydrogen-bond donors (Lipinski definition) is 1. The maximum atomic E-state index is 11.8. The van der Waals surface area contributed by atoms with Crippen molar-refractivity contribution in [2.45, 2.75) is 18.2 Å². The van der Waals surface area contributed by atoms with Crippen LogP contribution in [0.2, 0.25) is 5.02 Å². The first-order chi connectivity index (χ1) is 10.8. The number of benzene rings is 1. The third-order valence-electron chi connectivity index (χ3n) is 2.67. The van der Waals surface area contributed by atoms with Crippen molar-refractivity contribution in [3.63, 3.8) is 0 Å². The van der Waals surface area contributed by atoms with Crippen LogP contribution in [0.4, 0.5) is 0 Å². The van der Waals surface area contributed by atoms with Crippen LogP contribution in [0.5, 0.6) is 5.75 Å². The van der Waals surface area contributed by atoms with Crippen LogP contribution in [0, 0.1) is 0 Å². The fraction of sp³-hybridized carbons (Fsp3) is 0.308. The Labute approximate surface area is 137 Å². The molecule has 1 aromatic carbocycles. The van der Waals surface area contributed by atoms with Crippen LogP contribution >= 0.6 is 11.6 Å². The molecule has 0 unspecified atom stereocenters. The second-order valence-corrected chi connectivity index (χ2v) is 7.04. The Morgan fingerprint density at radius 1 is 1.35 bits per heavy atom. The first-order valence-corrected chi connectivity index (χ1v) is 8.74. The average Bonchev–Trinajstić information content (AvgIpc) is 2.96. The fourth-order valence-electron chi connectivity index (χ4n) is 1.57. The second kappa shape index (κ2) is 6.97. The summed E-state index contributed by atoms with van der Waals surface area (Å²) in [7, 11) is -3.58. The van der Waals surface area contributed by atoms with Crippen molar-refractivity contribution in [1.82, 2.24) is 15.5 Å². The zero-order chi connectivity index (χ0) is 17.0. The van der Waals surface area contributed by atoms with Crippen molar-refractivity contribution in [3.8, 4) is 5.75 Å². The maximum absolute atomic E-state index is 11.8. The van der Waals surface area contributed by atoms with E-state index in [0.29, 0.717) is 10.8 Å². The number of carbonyl (C=O) groups is 1. The highest BCUT2D eigenvalue weighted by Crippen LogP contribution is 2.16. The maximum Gasteiger partial charge on any atom is 0.335 e. The molecule has 1 heterocycles. The smallest absolute Gasteiger partial charge is 0.335 e. The molecule has 8 nitrogen and oxygen atoms in total. The molecular weight excluding hydrogens is 346 g/mol. The number of rotatable bonds is 6. The number of halogens is 1. The fourth-order valence-corrected chi connectivity index (χ4v) is 2.12. The molecule has 1 N–H and O–H groups in total. The molecule has 0 aliphatic heterocycles. The Morgan fingerprint density at radius 2 is 2.00 bits per heavy atom. The predicted octanol–water partition coefficient (Wildman–Crippen LogP) is 1.38. The minimum atomic E-state index is -3.58. The summed E-state index contributed by atoms with van der Waals surface area (Å²) in [6.07, 6.45) is 0.952. The molecule has 23 heavy (non-hydrogen) atoms. The van der Waals surface area contributed by atoms with Crippen molar-refractivity contribution in [3.05, 3.63) is 35.2 Å². The molecule has 1 aromatic heterocycles. The Bertz CT molecular complexity index is 788. The molecule has 0 fully saturated rings. The van der Waals surface area contributed by atoms with Gasteiger partial charge in [0, 0.05) is 11.3 Å². The van der Waals surface area contributed by atoms with Gasteiger partial charge in [0.1, 0.15) is 11.8 Å². The lowest BCUT2D eigenvalue weighted by atomic mass is 10.3. The standard InChI is InChI=1S/C13H14ClN3O5S/c1-8(12-16-17-13(22-12)23(2,19)20)15-11(18)7-21-10-5-3-9(14)4-6-10/h3-6,8H,7H2,1-2H3,(H,15,18)/t8-/m0/s1. The Morgan fingerprint density at radius 3 is 2.57 bits per heavy atom. The second-order valence-electron chi connectivity index (χ2n) is 4.71. The van der Waals surface area contributed by atoms with E-state index in [1.54, 1.807) is 31.2 Å². The normalized spacial score (nSPS) is 12.7. The highest BCUT2D eigenvalue weighted by molar-refractivity contribution is 7.90. The number of amides is 1. The lowest BCUT2D eigenvalue weighted by Crippen LogP contribution is -2.31. The number of ether oxygens (including phenoxy) is 1. The van der Waals surface area contributed by atoms with E-state index in [4.69, 9.17) is 20.8 Å². The molecule has 10 heteroatoms. The summed E-state index contributed by atoms with van der Waals surface area (Å²) in [4.78, 5) is 11.8. The van der Waals surface area contributed by atoms with Crippen LogP contribution in [-0.2, 0) is 14.6 Å². The monoisotopic (exact) mass is 359 g/mol. The molecule has 2 aromatic rings. The van der Waals surface area contributed by atoms with Crippen molar-refractivity contribution >= 4 is 27.3 Å². The van der Waals surface area contributed by atoms with Crippen LogP contribution in [0.25, 0.3) is 0 Å². The minimum Gasteiger partial charge on any atom is -0.484 e. The van der Waals surface area contributed by atoms with Crippen LogP contribution in [0.1, 0.15) is 18.9 Å². The van der Waals surface area contributed by atoms with E-state index in [2.05, 4.69) is 15.5 Å². The Hall–Kier alpha value is -2.13. The number of nitrogens with one attached hydrogen (secondary N) is 1. The van der Waals surface area contributed by atoms with Gasteiger partial charge in [-0.1, -0.05) is 16.7 Å². The molecule has 0 radical (unpaired) electrons. The highest BCUT2D eigenvalue weighted by Gasteiger charge is 2.21. The van der Waals surface area contributed by atoms with Crippen LogP contribution in [0.3, 0.4) is 0 Å². The number of nitrogens with zero attached hydrogens (tertiary/aromatic N) is 2. The van der Waals surface area contributed by atoms with Crippen molar-refractivity contribution < 1.29 is 22.4 Å². The van der Waals surface area contributed by atoms with E-state index in [1.807, 2.05) is 0 Å². The van der Waals surface area contributed by atoms with Crippen LogP contribution < -0.4 is 10.1 Å². The molecular formula is C13H14ClN3O5S.